The number of hydrogen-bond donors (Lipinski definition) is 0. The first kappa shape index (κ1) is 15.9. The molecule has 0 aliphatic carbocycles. The van der Waals surface area contributed by atoms with Crippen molar-refractivity contribution >= 4 is 11.6 Å². The van der Waals surface area contributed by atoms with E-state index in [4.69, 9.17) is 0 Å². The fourth-order valence-electron chi connectivity index (χ4n) is 0. The average molecular weight is 168 g/mol. The largest absolute Gasteiger partial charge is 3.00 e. The summed E-state index contributed by atoms with van der Waals surface area (Å²) in [6.07, 6.45) is 0. The van der Waals surface area contributed by atoms with Gasteiger partial charge in [-0.2, -0.15) is 0 Å². The maximum atomic E-state index is 9.44. The summed E-state index contributed by atoms with van der Waals surface area (Å²) in [7, 11) is 0. The second kappa shape index (κ2) is 10.8. The fraction of sp³-hybridized carbons (Fsp3) is 0.667. The van der Waals surface area contributed by atoms with Crippen LogP contribution >= 0.6 is 0 Å². The molecule has 0 aliphatic rings. The molecule has 0 unspecified atom stereocenters. The summed E-state index contributed by atoms with van der Waals surface area (Å²) >= 11 is 0. The number of carbonyl (C=O) groups is 2. The van der Waals surface area contributed by atoms with Gasteiger partial charge in [0.05, 0.1) is 0 Å². The van der Waals surface area contributed by atoms with Crippen molar-refractivity contribution in [3.05, 3.63) is 0 Å². The third-order valence-electron chi connectivity index (χ3n) is 0. The molecule has 0 rings (SSSR count). The van der Waals surface area contributed by atoms with Crippen molar-refractivity contribution in [2.45, 2.75) is 27.7 Å². The molecule has 0 aromatic carbocycles. The average Bonchev–Trinajstić information content (AvgIpc) is 1.25. The summed E-state index contributed by atoms with van der Waals surface area (Å²) in [4.78, 5) is 18.9. The summed E-state index contributed by atoms with van der Waals surface area (Å²) in [5, 5.41) is 0. The smallest absolute Gasteiger partial charge is 0.300 e. The first-order valence-electron chi connectivity index (χ1n) is 2.41. The van der Waals surface area contributed by atoms with Crippen molar-refractivity contribution in [3.63, 3.8) is 0 Å². The predicted octanol–water partition coefficient (Wildman–Crippen LogP) is 1.19. The molecule has 0 aromatic rings. The van der Waals surface area contributed by atoms with Crippen molar-refractivity contribution in [1.82, 2.24) is 0 Å². The third-order valence-corrected chi connectivity index (χ3v) is 0. The van der Waals surface area contributed by atoms with Crippen LogP contribution < -0.4 is 0 Å². The molecule has 1 radical (unpaired) electrons. The molecule has 2 nitrogen and oxygen atoms in total. The van der Waals surface area contributed by atoms with Gasteiger partial charge in [0.15, 0.2) is 0 Å². The minimum atomic E-state index is 0. The Balaban J connectivity index is -0.0000000720. The predicted molar refractivity (Wildman–Crippen MR) is 32.7 cm³/mol. The summed E-state index contributed by atoms with van der Waals surface area (Å²) < 4.78 is 0. The Morgan fingerprint density at radius 3 is 0.778 bits per heavy atom. The Morgan fingerprint density at radius 2 is 0.778 bits per heavy atom. The molecule has 9 heavy (non-hydrogen) atoms. The Bertz CT molecular complexity index is 69.1. The van der Waals surface area contributed by atoms with E-state index in [1.807, 2.05) is 0 Å². The van der Waals surface area contributed by atoms with Gasteiger partial charge >= 0.3 is 17.4 Å². The van der Waals surface area contributed by atoms with Gasteiger partial charge in [-0.3, -0.25) is 0 Å². The van der Waals surface area contributed by atoms with Gasteiger partial charge in [-0.25, -0.2) is 0 Å². The van der Waals surface area contributed by atoms with Gasteiger partial charge in [0.2, 0.25) is 0 Å². The zero-order valence-electron chi connectivity index (χ0n) is 6.22. The normalized spacial score (nSPS) is 5.78. The van der Waals surface area contributed by atoms with Crippen molar-refractivity contribution in [3.8, 4) is 0 Å². The molecular formula is C6H12CrO2+3. The minimum absolute atomic E-state index is 0. The van der Waals surface area contributed by atoms with E-state index >= 15 is 0 Å². The maximum Gasteiger partial charge on any atom is 3.00 e. The van der Waals surface area contributed by atoms with E-state index in [0.29, 0.717) is 0 Å². The Morgan fingerprint density at radius 1 is 0.778 bits per heavy atom. The van der Waals surface area contributed by atoms with Gasteiger partial charge < -0.3 is 9.59 Å². The molecule has 0 atom stereocenters. The number of Topliss-reactive ketones (excluding diaryl/α,β-unsaturated/α-hetero) is 2. The number of hydrogen-bond acceptors (Lipinski definition) is 2. The number of carbonyl (C=O) groups excluding carboxylic acids is 2. The van der Waals surface area contributed by atoms with Gasteiger partial charge in [-0.05, 0) is 27.7 Å². The van der Waals surface area contributed by atoms with Gasteiger partial charge in [-0.15, -0.1) is 0 Å². The molecular weight excluding hydrogens is 156 g/mol. The molecule has 0 N–H and O–H groups in total. The molecule has 0 amide bonds. The Hall–Kier alpha value is -0.128. The minimum Gasteiger partial charge on any atom is -0.300 e. The molecule has 51 valence electrons. The molecule has 0 aliphatic heterocycles. The molecule has 0 spiro atoms. The van der Waals surface area contributed by atoms with Crippen molar-refractivity contribution in [2.75, 3.05) is 0 Å². The van der Waals surface area contributed by atoms with Crippen LogP contribution in [0.1, 0.15) is 27.7 Å². The summed E-state index contributed by atoms with van der Waals surface area (Å²) in [6.45, 7) is 6.11. The maximum absolute atomic E-state index is 9.44. The van der Waals surface area contributed by atoms with Crippen molar-refractivity contribution < 1.29 is 27.0 Å². The first-order valence-corrected chi connectivity index (χ1v) is 2.41. The third kappa shape index (κ3) is 16700. The summed E-state index contributed by atoms with van der Waals surface area (Å²) in [6, 6.07) is 0. The van der Waals surface area contributed by atoms with Crippen LogP contribution in [0.5, 0.6) is 0 Å². The van der Waals surface area contributed by atoms with Gasteiger partial charge in [-0.1, -0.05) is 0 Å². The standard InChI is InChI=1S/2C3H6O.Cr/c2*1-3(2)4;/h2*1-2H3;/q;;+3. The van der Waals surface area contributed by atoms with E-state index in [0.717, 1.165) is 0 Å². The molecule has 0 fully saturated rings. The first-order chi connectivity index (χ1) is 3.46. The molecule has 0 bridgehead atoms. The van der Waals surface area contributed by atoms with E-state index in [-0.39, 0.29) is 28.9 Å². The fourth-order valence-corrected chi connectivity index (χ4v) is 0. The number of rotatable bonds is 0. The van der Waals surface area contributed by atoms with Crippen molar-refractivity contribution in [2.24, 2.45) is 0 Å². The monoisotopic (exact) mass is 168 g/mol. The van der Waals surface area contributed by atoms with E-state index in [2.05, 4.69) is 0 Å². The summed E-state index contributed by atoms with van der Waals surface area (Å²) in [5.74, 6) is 0.333. The van der Waals surface area contributed by atoms with Crippen LogP contribution in [0.4, 0.5) is 0 Å². The topological polar surface area (TPSA) is 34.1 Å². The van der Waals surface area contributed by atoms with E-state index in [1.54, 1.807) is 0 Å². The SMILES string of the molecule is CC(C)=O.CC(C)=O.[Cr+3]. The van der Waals surface area contributed by atoms with E-state index in [9.17, 15) is 9.59 Å². The molecule has 3 heteroatoms. The van der Waals surface area contributed by atoms with E-state index < -0.39 is 0 Å². The number of ketones is 2. The Kier molecular flexibility index (Phi) is 19.1. The Labute approximate surface area is 66.8 Å². The van der Waals surface area contributed by atoms with Gasteiger partial charge in [0.1, 0.15) is 11.6 Å². The van der Waals surface area contributed by atoms with Crippen molar-refractivity contribution in [1.29, 1.82) is 0 Å². The second-order valence-corrected chi connectivity index (χ2v) is 1.82. The van der Waals surface area contributed by atoms with Crippen LogP contribution in [-0.4, -0.2) is 11.6 Å². The van der Waals surface area contributed by atoms with Crippen LogP contribution in [0.2, 0.25) is 0 Å². The van der Waals surface area contributed by atoms with Crippen LogP contribution in [0.15, 0.2) is 0 Å². The summed E-state index contributed by atoms with van der Waals surface area (Å²) in [5.41, 5.74) is 0. The molecule has 0 saturated carbocycles. The molecule has 0 saturated heterocycles. The van der Waals surface area contributed by atoms with Crippen LogP contribution in [0.3, 0.4) is 0 Å². The quantitative estimate of drug-likeness (QED) is 0.544. The molecule has 0 heterocycles. The van der Waals surface area contributed by atoms with Gasteiger partial charge in [0, 0.05) is 0 Å². The second-order valence-electron chi connectivity index (χ2n) is 1.82. The molecule has 0 aromatic heterocycles. The van der Waals surface area contributed by atoms with E-state index in [1.165, 1.54) is 27.7 Å². The van der Waals surface area contributed by atoms with Gasteiger partial charge in [0.25, 0.3) is 0 Å². The van der Waals surface area contributed by atoms with Crippen LogP contribution in [0.25, 0.3) is 0 Å². The van der Waals surface area contributed by atoms with Crippen LogP contribution in [0, 0.1) is 0 Å². The zero-order chi connectivity index (χ0) is 7.15. The zero-order valence-corrected chi connectivity index (χ0v) is 7.50. The van der Waals surface area contributed by atoms with Crippen LogP contribution in [-0.2, 0) is 27.0 Å².